The Morgan fingerprint density at radius 3 is 2.95 bits per heavy atom. The van der Waals surface area contributed by atoms with Crippen LogP contribution in [0.5, 0.6) is 5.75 Å². The maximum absolute atomic E-state index is 11.6. The third-order valence-corrected chi connectivity index (χ3v) is 2.95. The number of carbonyl (C=O) groups is 1. The van der Waals surface area contributed by atoms with Crippen molar-refractivity contribution in [3.05, 3.63) is 29.8 Å². The standard InChI is InChI=1S/C15H23NO3/c1-3-13-5-4-6-14(9-13)19-11-15(18)16-10-12(2)7-8-17/h4-6,9,12,17H,3,7-8,10-11H2,1-2H3,(H,16,18). The van der Waals surface area contributed by atoms with Crippen molar-refractivity contribution in [3.63, 3.8) is 0 Å². The number of aryl methyl sites for hydroxylation is 1. The van der Waals surface area contributed by atoms with Crippen molar-refractivity contribution in [1.82, 2.24) is 5.32 Å². The predicted octanol–water partition coefficient (Wildman–Crippen LogP) is 1.76. The molecule has 1 aromatic carbocycles. The molecule has 0 aliphatic rings. The minimum absolute atomic E-state index is 0.0268. The number of hydrogen-bond acceptors (Lipinski definition) is 3. The van der Waals surface area contributed by atoms with Gasteiger partial charge in [0.2, 0.25) is 0 Å². The van der Waals surface area contributed by atoms with E-state index in [0.29, 0.717) is 13.0 Å². The SMILES string of the molecule is CCc1cccc(OCC(=O)NCC(C)CCO)c1. The van der Waals surface area contributed by atoms with Crippen molar-refractivity contribution in [2.45, 2.75) is 26.7 Å². The van der Waals surface area contributed by atoms with Gasteiger partial charge >= 0.3 is 0 Å². The Hall–Kier alpha value is -1.55. The highest BCUT2D eigenvalue weighted by atomic mass is 16.5. The second-order valence-corrected chi connectivity index (χ2v) is 4.71. The van der Waals surface area contributed by atoms with Crippen LogP contribution in [0.4, 0.5) is 0 Å². The number of aliphatic hydroxyl groups is 1. The molecule has 1 aromatic rings. The third-order valence-electron chi connectivity index (χ3n) is 2.95. The molecule has 106 valence electrons. The molecule has 19 heavy (non-hydrogen) atoms. The molecule has 0 radical (unpaired) electrons. The van der Waals surface area contributed by atoms with E-state index >= 15 is 0 Å². The molecule has 4 nitrogen and oxygen atoms in total. The van der Waals surface area contributed by atoms with Gasteiger partial charge in [-0.05, 0) is 36.5 Å². The Balaban J connectivity index is 2.29. The molecule has 0 saturated carbocycles. The first kappa shape index (κ1) is 15.5. The molecule has 1 rings (SSSR count). The van der Waals surface area contributed by atoms with Gasteiger partial charge in [-0.25, -0.2) is 0 Å². The molecular formula is C15H23NO3. The number of amides is 1. The first-order chi connectivity index (χ1) is 9.15. The summed E-state index contributed by atoms with van der Waals surface area (Å²) in [5.41, 5.74) is 1.19. The minimum atomic E-state index is -0.133. The zero-order chi connectivity index (χ0) is 14.1. The van der Waals surface area contributed by atoms with Gasteiger partial charge in [0.15, 0.2) is 6.61 Å². The summed E-state index contributed by atoms with van der Waals surface area (Å²) in [4.78, 5) is 11.6. The Morgan fingerprint density at radius 1 is 1.47 bits per heavy atom. The Morgan fingerprint density at radius 2 is 2.26 bits per heavy atom. The van der Waals surface area contributed by atoms with Crippen LogP contribution < -0.4 is 10.1 Å². The van der Waals surface area contributed by atoms with Crippen molar-refractivity contribution < 1.29 is 14.6 Å². The second-order valence-electron chi connectivity index (χ2n) is 4.71. The largest absolute Gasteiger partial charge is 0.484 e. The van der Waals surface area contributed by atoms with E-state index in [0.717, 1.165) is 12.2 Å². The molecule has 0 bridgehead atoms. The van der Waals surface area contributed by atoms with Gasteiger partial charge < -0.3 is 15.2 Å². The lowest BCUT2D eigenvalue weighted by molar-refractivity contribution is -0.123. The summed E-state index contributed by atoms with van der Waals surface area (Å²) in [6.07, 6.45) is 1.64. The molecule has 0 heterocycles. The smallest absolute Gasteiger partial charge is 0.257 e. The van der Waals surface area contributed by atoms with Gasteiger partial charge in [-0.2, -0.15) is 0 Å². The molecular weight excluding hydrogens is 242 g/mol. The number of aliphatic hydroxyl groups excluding tert-OH is 1. The van der Waals surface area contributed by atoms with Crippen LogP contribution >= 0.6 is 0 Å². The zero-order valence-electron chi connectivity index (χ0n) is 11.7. The van der Waals surface area contributed by atoms with E-state index in [1.54, 1.807) is 0 Å². The number of nitrogens with one attached hydrogen (secondary N) is 1. The van der Waals surface area contributed by atoms with E-state index < -0.39 is 0 Å². The van der Waals surface area contributed by atoms with Crippen LogP contribution in [0.2, 0.25) is 0 Å². The van der Waals surface area contributed by atoms with Gasteiger partial charge in [0.25, 0.3) is 5.91 Å². The maximum atomic E-state index is 11.6. The number of rotatable bonds is 8. The summed E-state index contributed by atoms with van der Waals surface area (Å²) in [5, 5.41) is 11.6. The first-order valence-electron chi connectivity index (χ1n) is 6.75. The fourth-order valence-electron chi connectivity index (χ4n) is 1.67. The van der Waals surface area contributed by atoms with Crippen LogP contribution in [-0.2, 0) is 11.2 Å². The van der Waals surface area contributed by atoms with Crippen molar-refractivity contribution in [2.24, 2.45) is 5.92 Å². The molecule has 2 N–H and O–H groups in total. The monoisotopic (exact) mass is 265 g/mol. The Labute approximate surface area is 114 Å². The number of ether oxygens (including phenoxy) is 1. The fraction of sp³-hybridized carbons (Fsp3) is 0.533. The normalized spacial score (nSPS) is 11.9. The van der Waals surface area contributed by atoms with Crippen LogP contribution in [-0.4, -0.2) is 30.8 Å². The fourth-order valence-corrected chi connectivity index (χ4v) is 1.67. The summed E-state index contributed by atoms with van der Waals surface area (Å²) in [7, 11) is 0. The quantitative estimate of drug-likeness (QED) is 0.753. The van der Waals surface area contributed by atoms with Crippen LogP contribution in [0.15, 0.2) is 24.3 Å². The van der Waals surface area contributed by atoms with Gasteiger partial charge in [-0.1, -0.05) is 26.0 Å². The molecule has 0 aromatic heterocycles. The Kier molecular flexibility index (Phi) is 6.97. The maximum Gasteiger partial charge on any atom is 0.257 e. The van der Waals surface area contributed by atoms with E-state index in [-0.39, 0.29) is 25.0 Å². The van der Waals surface area contributed by atoms with Crippen LogP contribution in [0, 0.1) is 5.92 Å². The lowest BCUT2D eigenvalue weighted by Crippen LogP contribution is -2.32. The predicted molar refractivity (Wildman–Crippen MR) is 75.2 cm³/mol. The summed E-state index contributed by atoms with van der Waals surface area (Å²) in [6.45, 7) is 4.81. The zero-order valence-corrected chi connectivity index (χ0v) is 11.7. The molecule has 0 saturated heterocycles. The van der Waals surface area contributed by atoms with Crippen molar-refractivity contribution >= 4 is 5.91 Å². The van der Waals surface area contributed by atoms with Crippen molar-refractivity contribution in [1.29, 1.82) is 0 Å². The highest BCUT2D eigenvalue weighted by Gasteiger charge is 2.06. The third kappa shape index (κ3) is 6.25. The van der Waals surface area contributed by atoms with Crippen LogP contribution in [0.1, 0.15) is 25.8 Å². The molecule has 0 spiro atoms. The van der Waals surface area contributed by atoms with Crippen LogP contribution in [0.25, 0.3) is 0 Å². The van der Waals surface area contributed by atoms with E-state index in [1.165, 1.54) is 5.56 Å². The highest BCUT2D eigenvalue weighted by molar-refractivity contribution is 5.77. The summed E-state index contributed by atoms with van der Waals surface area (Å²) in [5.74, 6) is 0.863. The van der Waals surface area contributed by atoms with Crippen LogP contribution in [0.3, 0.4) is 0 Å². The van der Waals surface area contributed by atoms with Gasteiger partial charge in [-0.15, -0.1) is 0 Å². The molecule has 1 amide bonds. The molecule has 1 unspecified atom stereocenters. The molecule has 0 aliphatic heterocycles. The summed E-state index contributed by atoms with van der Waals surface area (Å²) < 4.78 is 5.44. The highest BCUT2D eigenvalue weighted by Crippen LogP contribution is 2.13. The van der Waals surface area contributed by atoms with Gasteiger partial charge in [0, 0.05) is 13.2 Å². The first-order valence-corrected chi connectivity index (χ1v) is 6.75. The van der Waals surface area contributed by atoms with Gasteiger partial charge in [0.1, 0.15) is 5.75 Å². The minimum Gasteiger partial charge on any atom is -0.484 e. The average molecular weight is 265 g/mol. The van der Waals surface area contributed by atoms with Crippen molar-refractivity contribution in [3.8, 4) is 5.75 Å². The number of hydrogen-bond donors (Lipinski definition) is 2. The topological polar surface area (TPSA) is 58.6 Å². The molecule has 0 fully saturated rings. The lowest BCUT2D eigenvalue weighted by atomic mass is 10.1. The van der Waals surface area contributed by atoms with Crippen molar-refractivity contribution in [2.75, 3.05) is 19.8 Å². The van der Waals surface area contributed by atoms with Gasteiger partial charge in [0.05, 0.1) is 0 Å². The lowest BCUT2D eigenvalue weighted by Gasteiger charge is -2.12. The van der Waals surface area contributed by atoms with Gasteiger partial charge in [-0.3, -0.25) is 4.79 Å². The van der Waals surface area contributed by atoms with E-state index in [2.05, 4.69) is 12.2 Å². The second kappa shape index (κ2) is 8.53. The summed E-state index contributed by atoms with van der Waals surface area (Å²) in [6, 6.07) is 7.75. The van der Waals surface area contributed by atoms with E-state index in [1.807, 2.05) is 31.2 Å². The van der Waals surface area contributed by atoms with E-state index in [9.17, 15) is 4.79 Å². The number of carbonyl (C=O) groups excluding carboxylic acids is 1. The average Bonchev–Trinajstić information content (AvgIpc) is 2.43. The molecule has 1 atom stereocenters. The summed E-state index contributed by atoms with van der Waals surface area (Å²) >= 11 is 0. The number of benzene rings is 1. The van der Waals surface area contributed by atoms with E-state index in [4.69, 9.17) is 9.84 Å². The molecule has 0 aliphatic carbocycles. The molecule has 4 heteroatoms. The Bertz CT molecular complexity index is 393.